The maximum absolute atomic E-state index is 12.8. The molecule has 1 aromatic carbocycles. The largest absolute Gasteiger partial charge is 0.465 e. The van der Waals surface area contributed by atoms with Crippen LogP contribution in [-0.2, 0) is 30.8 Å². The van der Waals surface area contributed by atoms with E-state index in [1.54, 1.807) is 31.2 Å². The zero-order valence-electron chi connectivity index (χ0n) is 16.4. The Morgan fingerprint density at radius 3 is 2.48 bits per heavy atom. The van der Waals surface area contributed by atoms with Gasteiger partial charge in [0.1, 0.15) is 0 Å². The van der Waals surface area contributed by atoms with E-state index in [2.05, 4.69) is 10.2 Å². The molecular weight excluding hydrogens is 416 g/mol. The number of nitrogens with zero attached hydrogens (tertiary/aromatic N) is 4. The van der Waals surface area contributed by atoms with E-state index >= 15 is 0 Å². The third kappa shape index (κ3) is 4.97. The fourth-order valence-electron chi connectivity index (χ4n) is 2.93. The molecule has 0 aliphatic carbocycles. The second-order valence-electron chi connectivity index (χ2n) is 6.18. The second-order valence-corrected chi connectivity index (χ2v) is 9.07. The first-order valence-corrected chi connectivity index (χ1v) is 11.8. The number of esters is 1. The number of sulfonamides is 1. The predicted octanol–water partition coefficient (Wildman–Crippen LogP) is 1.64. The highest BCUT2D eigenvalue weighted by atomic mass is 32.2. The van der Waals surface area contributed by atoms with Crippen LogP contribution in [0.25, 0.3) is 11.4 Å². The van der Waals surface area contributed by atoms with Gasteiger partial charge in [0, 0.05) is 25.2 Å². The Kier molecular flexibility index (Phi) is 7.28. The average Bonchev–Trinajstić information content (AvgIpc) is 3.16. The molecule has 1 saturated heterocycles. The minimum atomic E-state index is -3.54. The normalized spacial score (nSPS) is 15.4. The number of rotatable bonds is 8. The highest BCUT2D eigenvalue weighted by molar-refractivity contribution is 7.99. The van der Waals surface area contributed by atoms with Crippen molar-refractivity contribution in [1.82, 2.24) is 19.1 Å². The maximum atomic E-state index is 12.8. The van der Waals surface area contributed by atoms with Gasteiger partial charge in [-0.25, -0.2) is 8.42 Å². The molecule has 0 spiro atoms. The maximum Gasteiger partial charge on any atom is 0.316 e. The van der Waals surface area contributed by atoms with E-state index in [0.29, 0.717) is 50.4 Å². The zero-order chi connectivity index (χ0) is 20.9. The fraction of sp³-hybridized carbons (Fsp3) is 0.500. The molecule has 11 heteroatoms. The Bertz CT molecular complexity index is 938. The molecule has 29 heavy (non-hydrogen) atoms. The lowest BCUT2D eigenvalue weighted by atomic mass is 10.2. The Labute approximate surface area is 174 Å². The molecule has 0 amide bonds. The predicted molar refractivity (Wildman–Crippen MR) is 108 cm³/mol. The van der Waals surface area contributed by atoms with Gasteiger partial charge in [-0.05, 0) is 38.1 Å². The van der Waals surface area contributed by atoms with Crippen LogP contribution in [0.5, 0.6) is 0 Å². The van der Waals surface area contributed by atoms with Gasteiger partial charge < -0.3 is 14.0 Å². The molecule has 0 radical (unpaired) electrons. The van der Waals surface area contributed by atoms with Gasteiger partial charge in [0.25, 0.3) is 0 Å². The molecule has 2 aromatic rings. The van der Waals surface area contributed by atoms with Gasteiger partial charge in [-0.15, -0.1) is 10.2 Å². The van der Waals surface area contributed by atoms with E-state index in [1.165, 1.54) is 16.1 Å². The lowest BCUT2D eigenvalue weighted by molar-refractivity contribution is -0.139. The Morgan fingerprint density at radius 1 is 1.17 bits per heavy atom. The van der Waals surface area contributed by atoms with Crippen LogP contribution < -0.4 is 0 Å². The van der Waals surface area contributed by atoms with Gasteiger partial charge in [-0.3, -0.25) is 4.79 Å². The molecular formula is C18H24N4O5S2. The Morgan fingerprint density at radius 2 is 1.86 bits per heavy atom. The molecule has 0 saturated carbocycles. The molecule has 3 rings (SSSR count). The van der Waals surface area contributed by atoms with Crippen molar-refractivity contribution in [3.63, 3.8) is 0 Å². The molecule has 9 nitrogen and oxygen atoms in total. The van der Waals surface area contributed by atoms with Crippen molar-refractivity contribution < 1.29 is 22.7 Å². The van der Waals surface area contributed by atoms with Gasteiger partial charge in [-0.1, -0.05) is 11.8 Å². The van der Waals surface area contributed by atoms with E-state index in [0.717, 1.165) is 5.56 Å². The van der Waals surface area contributed by atoms with Gasteiger partial charge in [0.15, 0.2) is 11.0 Å². The van der Waals surface area contributed by atoms with Crippen LogP contribution in [0.3, 0.4) is 0 Å². The van der Waals surface area contributed by atoms with E-state index in [9.17, 15) is 13.2 Å². The van der Waals surface area contributed by atoms with Crippen LogP contribution in [0.1, 0.15) is 13.8 Å². The standard InChI is InChI=1S/C18H24N4O5S2/c1-3-22-17(19-20-18(22)28-13-16(23)27-4-2)14-5-7-15(8-6-14)29(24,25)21-9-11-26-12-10-21/h5-8H,3-4,9-13H2,1-2H3. The number of hydrogen-bond donors (Lipinski definition) is 0. The summed E-state index contributed by atoms with van der Waals surface area (Å²) in [5.41, 5.74) is 0.753. The number of aromatic nitrogens is 3. The molecule has 2 heterocycles. The summed E-state index contributed by atoms with van der Waals surface area (Å²) in [5, 5.41) is 9.01. The zero-order valence-corrected chi connectivity index (χ0v) is 18.0. The van der Waals surface area contributed by atoms with E-state index < -0.39 is 10.0 Å². The van der Waals surface area contributed by atoms with Crippen LogP contribution in [0.4, 0.5) is 0 Å². The first kappa shape index (κ1) is 21.8. The van der Waals surface area contributed by atoms with Crippen molar-refractivity contribution in [3.05, 3.63) is 24.3 Å². The first-order valence-electron chi connectivity index (χ1n) is 9.37. The number of hydrogen-bond acceptors (Lipinski definition) is 8. The van der Waals surface area contributed by atoms with Crippen molar-refractivity contribution >= 4 is 27.8 Å². The van der Waals surface area contributed by atoms with E-state index in [4.69, 9.17) is 9.47 Å². The number of ether oxygens (including phenoxy) is 2. The van der Waals surface area contributed by atoms with Gasteiger partial charge in [-0.2, -0.15) is 4.31 Å². The lowest BCUT2D eigenvalue weighted by Gasteiger charge is -2.26. The van der Waals surface area contributed by atoms with Crippen molar-refractivity contribution in [3.8, 4) is 11.4 Å². The summed E-state index contributed by atoms with van der Waals surface area (Å²) in [6.07, 6.45) is 0. The number of carbonyl (C=O) groups excluding carboxylic acids is 1. The summed E-state index contributed by atoms with van der Waals surface area (Å²) in [6.45, 7) is 6.19. The molecule has 0 unspecified atom stereocenters. The molecule has 1 fully saturated rings. The molecule has 1 aliphatic heterocycles. The smallest absolute Gasteiger partial charge is 0.316 e. The summed E-state index contributed by atoms with van der Waals surface area (Å²) in [5.74, 6) is 0.472. The minimum absolute atomic E-state index is 0.155. The van der Waals surface area contributed by atoms with E-state index in [1.807, 2.05) is 11.5 Å². The summed E-state index contributed by atoms with van der Waals surface area (Å²) in [4.78, 5) is 11.8. The van der Waals surface area contributed by atoms with E-state index in [-0.39, 0.29) is 16.6 Å². The Hall–Kier alpha value is -1.95. The van der Waals surface area contributed by atoms with Crippen LogP contribution in [-0.4, -0.2) is 72.1 Å². The van der Waals surface area contributed by atoms with Crippen LogP contribution in [0.15, 0.2) is 34.3 Å². The second kappa shape index (κ2) is 9.70. The number of thioether (sulfide) groups is 1. The summed E-state index contributed by atoms with van der Waals surface area (Å²) < 4.78 is 39.0. The van der Waals surface area contributed by atoms with Gasteiger partial charge in [0.05, 0.1) is 30.5 Å². The van der Waals surface area contributed by atoms with Crippen molar-refractivity contribution in [1.29, 1.82) is 0 Å². The highest BCUT2D eigenvalue weighted by Gasteiger charge is 2.26. The summed E-state index contributed by atoms with van der Waals surface area (Å²) in [7, 11) is -3.54. The topological polar surface area (TPSA) is 104 Å². The van der Waals surface area contributed by atoms with Crippen molar-refractivity contribution in [2.24, 2.45) is 0 Å². The Balaban J connectivity index is 1.78. The molecule has 0 bridgehead atoms. The third-order valence-electron chi connectivity index (χ3n) is 4.38. The van der Waals surface area contributed by atoms with Crippen LogP contribution >= 0.6 is 11.8 Å². The van der Waals surface area contributed by atoms with Crippen molar-refractivity contribution in [2.75, 3.05) is 38.7 Å². The molecule has 0 N–H and O–H groups in total. The van der Waals surface area contributed by atoms with Crippen LogP contribution in [0.2, 0.25) is 0 Å². The van der Waals surface area contributed by atoms with Crippen molar-refractivity contribution in [2.45, 2.75) is 30.4 Å². The summed E-state index contributed by atoms with van der Waals surface area (Å²) in [6, 6.07) is 6.62. The SMILES string of the molecule is CCOC(=O)CSc1nnc(-c2ccc(S(=O)(=O)N3CCOCC3)cc2)n1CC. The average molecular weight is 441 g/mol. The summed E-state index contributed by atoms with van der Waals surface area (Å²) >= 11 is 1.26. The fourth-order valence-corrected chi connectivity index (χ4v) is 5.14. The molecule has 1 aromatic heterocycles. The lowest BCUT2D eigenvalue weighted by Crippen LogP contribution is -2.40. The third-order valence-corrected chi connectivity index (χ3v) is 7.23. The number of benzene rings is 1. The number of morpholine rings is 1. The van der Waals surface area contributed by atoms with Gasteiger partial charge >= 0.3 is 5.97 Å². The minimum Gasteiger partial charge on any atom is -0.465 e. The molecule has 1 aliphatic rings. The first-order chi connectivity index (χ1) is 14.0. The van der Waals surface area contributed by atoms with Gasteiger partial charge in [0.2, 0.25) is 10.0 Å². The molecule has 158 valence electrons. The molecule has 0 atom stereocenters. The number of carbonyl (C=O) groups is 1. The highest BCUT2D eigenvalue weighted by Crippen LogP contribution is 2.26. The monoisotopic (exact) mass is 440 g/mol. The van der Waals surface area contributed by atoms with Crippen LogP contribution in [0, 0.1) is 0 Å². The quantitative estimate of drug-likeness (QED) is 0.451.